The van der Waals surface area contributed by atoms with E-state index in [0.717, 1.165) is 24.4 Å². The number of fused-ring (bicyclic) bond motifs is 2. The maximum atomic E-state index is 13.1. The van der Waals surface area contributed by atoms with Crippen molar-refractivity contribution in [3.63, 3.8) is 0 Å². The van der Waals surface area contributed by atoms with Crippen molar-refractivity contribution >= 4 is 11.7 Å². The van der Waals surface area contributed by atoms with Crippen molar-refractivity contribution in [3.05, 3.63) is 30.3 Å². The smallest absolute Gasteiger partial charge is 0.322 e. The van der Waals surface area contributed by atoms with Crippen LogP contribution in [0.25, 0.3) is 0 Å². The maximum absolute atomic E-state index is 13.1. The Balaban J connectivity index is 1.37. The summed E-state index contributed by atoms with van der Waals surface area (Å²) in [5.74, 6) is 0.785. The molecule has 0 saturated heterocycles. The topological polar surface area (TPSA) is 41.6 Å². The van der Waals surface area contributed by atoms with Gasteiger partial charge in [0, 0.05) is 18.3 Å². The van der Waals surface area contributed by atoms with Crippen LogP contribution in [-0.4, -0.2) is 36.2 Å². The predicted octanol–water partition coefficient (Wildman–Crippen LogP) is 6.08. The lowest BCUT2D eigenvalue weighted by atomic mass is 9.70. The van der Waals surface area contributed by atoms with Gasteiger partial charge >= 0.3 is 6.03 Å². The zero-order chi connectivity index (χ0) is 20.5. The largest absolute Gasteiger partial charge is 0.376 e. The van der Waals surface area contributed by atoms with E-state index in [0.29, 0.717) is 30.7 Å². The lowest BCUT2D eigenvalue weighted by Crippen LogP contribution is -2.46. The number of para-hydroxylation sites is 1. The van der Waals surface area contributed by atoms with Gasteiger partial charge in [0.2, 0.25) is 0 Å². The van der Waals surface area contributed by atoms with Gasteiger partial charge in [-0.15, -0.1) is 0 Å². The summed E-state index contributed by atoms with van der Waals surface area (Å²) in [5, 5.41) is 3.10. The molecular formula is C25H38N2O2. The second kappa shape index (κ2) is 8.29. The molecule has 1 N–H and O–H groups in total. The van der Waals surface area contributed by atoms with E-state index < -0.39 is 0 Å². The number of urea groups is 1. The van der Waals surface area contributed by atoms with Crippen LogP contribution in [0.15, 0.2) is 30.3 Å². The van der Waals surface area contributed by atoms with Crippen molar-refractivity contribution < 1.29 is 9.53 Å². The lowest BCUT2D eigenvalue weighted by Gasteiger charge is -2.39. The van der Waals surface area contributed by atoms with Gasteiger partial charge in [0.15, 0.2) is 0 Å². The highest BCUT2D eigenvalue weighted by Crippen LogP contribution is 2.66. The molecule has 2 amide bonds. The summed E-state index contributed by atoms with van der Waals surface area (Å²) in [7, 11) is 0. The van der Waals surface area contributed by atoms with Crippen molar-refractivity contribution in [1.29, 1.82) is 0 Å². The molecule has 2 bridgehead atoms. The molecule has 1 aromatic carbocycles. The van der Waals surface area contributed by atoms with Crippen LogP contribution in [0.4, 0.5) is 10.5 Å². The fourth-order valence-corrected chi connectivity index (χ4v) is 6.24. The van der Waals surface area contributed by atoms with E-state index in [4.69, 9.17) is 4.74 Å². The normalized spacial score (nSPS) is 31.0. The quantitative estimate of drug-likeness (QED) is 0.630. The van der Waals surface area contributed by atoms with Gasteiger partial charge in [0.25, 0.3) is 0 Å². The lowest BCUT2D eigenvalue weighted by molar-refractivity contribution is -0.0517. The molecule has 0 aromatic heterocycles. The van der Waals surface area contributed by atoms with E-state index in [1.165, 1.54) is 38.5 Å². The molecular weight excluding hydrogens is 360 g/mol. The van der Waals surface area contributed by atoms with Gasteiger partial charge in [-0.25, -0.2) is 4.79 Å². The number of nitrogens with zero attached hydrogens (tertiary/aromatic N) is 1. The van der Waals surface area contributed by atoms with Gasteiger partial charge < -0.3 is 15.0 Å². The van der Waals surface area contributed by atoms with E-state index in [-0.39, 0.29) is 11.4 Å². The minimum Gasteiger partial charge on any atom is -0.376 e. The predicted molar refractivity (Wildman–Crippen MR) is 118 cm³/mol. The molecule has 3 aliphatic rings. The number of carbonyl (C=O) groups is 1. The molecule has 1 aromatic rings. The highest BCUT2D eigenvalue weighted by Gasteiger charge is 2.61. The van der Waals surface area contributed by atoms with E-state index in [2.05, 4.69) is 26.1 Å². The summed E-state index contributed by atoms with van der Waals surface area (Å²) in [6.07, 6.45) is 10.1. The first-order chi connectivity index (χ1) is 13.9. The van der Waals surface area contributed by atoms with Crippen LogP contribution in [0.2, 0.25) is 0 Å². The zero-order valence-electron chi connectivity index (χ0n) is 18.5. The van der Waals surface area contributed by atoms with E-state index >= 15 is 0 Å². The average molecular weight is 399 g/mol. The molecule has 0 unspecified atom stereocenters. The summed E-state index contributed by atoms with van der Waals surface area (Å²) >= 11 is 0. The van der Waals surface area contributed by atoms with Crippen LogP contribution in [0.3, 0.4) is 0 Å². The number of hydrogen-bond donors (Lipinski definition) is 1. The molecule has 0 spiro atoms. The molecule has 3 atom stereocenters. The van der Waals surface area contributed by atoms with Gasteiger partial charge in [0.1, 0.15) is 0 Å². The summed E-state index contributed by atoms with van der Waals surface area (Å²) in [5.41, 5.74) is 1.51. The van der Waals surface area contributed by atoms with Crippen LogP contribution in [0.1, 0.15) is 72.1 Å². The van der Waals surface area contributed by atoms with Gasteiger partial charge in [-0.3, -0.25) is 0 Å². The summed E-state index contributed by atoms with van der Waals surface area (Å²) < 4.78 is 6.48. The third-order valence-electron chi connectivity index (χ3n) is 8.67. The Hall–Kier alpha value is -1.55. The monoisotopic (exact) mass is 398 g/mol. The van der Waals surface area contributed by atoms with Gasteiger partial charge in [-0.1, -0.05) is 58.2 Å². The van der Waals surface area contributed by atoms with Crippen molar-refractivity contribution in [2.24, 2.45) is 16.7 Å². The summed E-state index contributed by atoms with van der Waals surface area (Å²) in [4.78, 5) is 15.1. The Morgan fingerprint density at radius 2 is 1.83 bits per heavy atom. The number of ether oxygens (including phenoxy) is 1. The molecule has 0 radical (unpaired) electrons. The molecule has 0 heterocycles. The number of carbonyl (C=O) groups excluding carboxylic acids is 1. The maximum Gasteiger partial charge on any atom is 0.322 e. The van der Waals surface area contributed by atoms with Gasteiger partial charge in [-0.05, 0) is 61.0 Å². The van der Waals surface area contributed by atoms with Crippen molar-refractivity contribution in [2.75, 3.05) is 18.5 Å². The van der Waals surface area contributed by atoms with E-state index in [1.54, 1.807) is 0 Å². The second-order valence-electron chi connectivity index (χ2n) is 10.3. The van der Waals surface area contributed by atoms with Crippen molar-refractivity contribution in [2.45, 2.75) is 84.3 Å². The van der Waals surface area contributed by atoms with Crippen LogP contribution in [-0.2, 0) is 4.74 Å². The first-order valence-corrected chi connectivity index (χ1v) is 11.7. The van der Waals surface area contributed by atoms with E-state index in [9.17, 15) is 4.79 Å². The SMILES string of the molecule is CC1(C)[C@@H]2CC[C@]1(C)[C@@H](OCCN(C(=O)Nc1ccccc1)C1CCCCC1)C2. The number of rotatable bonds is 6. The Labute approximate surface area is 176 Å². The van der Waals surface area contributed by atoms with Crippen LogP contribution in [0.5, 0.6) is 0 Å². The third-order valence-corrected chi connectivity index (χ3v) is 8.67. The Morgan fingerprint density at radius 1 is 1.10 bits per heavy atom. The molecule has 29 heavy (non-hydrogen) atoms. The Kier molecular flexibility index (Phi) is 5.92. The molecule has 4 nitrogen and oxygen atoms in total. The minimum atomic E-state index is 0.0196. The van der Waals surface area contributed by atoms with Crippen LogP contribution < -0.4 is 5.32 Å². The molecule has 4 rings (SSSR count). The molecule has 160 valence electrons. The number of anilines is 1. The van der Waals surface area contributed by atoms with Gasteiger partial charge in [-0.2, -0.15) is 0 Å². The Morgan fingerprint density at radius 3 is 2.45 bits per heavy atom. The number of nitrogens with one attached hydrogen (secondary N) is 1. The number of amides is 2. The first-order valence-electron chi connectivity index (χ1n) is 11.7. The summed E-state index contributed by atoms with van der Waals surface area (Å²) in [6.45, 7) is 8.60. The minimum absolute atomic E-state index is 0.0196. The third kappa shape index (κ3) is 3.93. The second-order valence-corrected chi connectivity index (χ2v) is 10.3. The fourth-order valence-electron chi connectivity index (χ4n) is 6.24. The fraction of sp³-hybridized carbons (Fsp3) is 0.720. The molecule has 0 aliphatic heterocycles. The standard InChI is InChI=1S/C25H38N2O2/c1-24(2)19-14-15-25(24,3)22(18-19)29-17-16-27(21-12-8-5-9-13-21)23(28)26-20-10-6-4-7-11-20/h4,6-7,10-11,19,21-22H,5,8-9,12-18H2,1-3H3,(H,26,28)/t19-,22+,25-/m1/s1. The number of benzene rings is 1. The van der Waals surface area contributed by atoms with Gasteiger partial charge in [0.05, 0.1) is 12.7 Å². The van der Waals surface area contributed by atoms with Crippen molar-refractivity contribution in [1.82, 2.24) is 4.90 Å². The highest BCUT2D eigenvalue weighted by atomic mass is 16.5. The van der Waals surface area contributed by atoms with Crippen LogP contribution in [0, 0.1) is 16.7 Å². The Bertz CT molecular complexity index is 698. The van der Waals surface area contributed by atoms with Crippen LogP contribution >= 0.6 is 0 Å². The first kappa shape index (κ1) is 20.7. The number of hydrogen-bond acceptors (Lipinski definition) is 2. The average Bonchev–Trinajstić information content (AvgIpc) is 3.06. The zero-order valence-corrected chi connectivity index (χ0v) is 18.5. The van der Waals surface area contributed by atoms with Crippen molar-refractivity contribution in [3.8, 4) is 0 Å². The molecule has 3 fully saturated rings. The van der Waals surface area contributed by atoms with E-state index in [1.807, 2.05) is 35.2 Å². The molecule has 3 aliphatic carbocycles. The summed E-state index contributed by atoms with van der Waals surface area (Å²) in [6, 6.07) is 10.1. The highest BCUT2D eigenvalue weighted by molar-refractivity contribution is 5.89. The molecule has 4 heteroatoms. The molecule has 3 saturated carbocycles.